The Kier molecular flexibility index (Phi) is 5.72. The Hall–Kier alpha value is -2.83. The van der Waals surface area contributed by atoms with E-state index in [4.69, 9.17) is 23.2 Å². The predicted molar refractivity (Wildman–Crippen MR) is 111 cm³/mol. The van der Waals surface area contributed by atoms with Crippen LogP contribution in [0.3, 0.4) is 0 Å². The van der Waals surface area contributed by atoms with Gasteiger partial charge in [0.1, 0.15) is 0 Å². The van der Waals surface area contributed by atoms with Crippen molar-refractivity contribution in [2.45, 2.75) is 0 Å². The van der Waals surface area contributed by atoms with Gasteiger partial charge in [-0.3, -0.25) is 14.4 Å². The molecule has 3 rings (SSSR count). The number of anilines is 1. The van der Waals surface area contributed by atoms with Gasteiger partial charge in [-0.05, 0) is 24.3 Å². The van der Waals surface area contributed by atoms with Gasteiger partial charge in [-0.25, -0.2) is 0 Å². The van der Waals surface area contributed by atoms with Crippen LogP contribution in [-0.4, -0.2) is 34.9 Å². The first-order chi connectivity index (χ1) is 13.3. The minimum atomic E-state index is -0.418. The highest BCUT2D eigenvalue weighted by atomic mass is 35.5. The number of para-hydroxylation sites is 1. The number of benzene rings is 2. The third kappa shape index (κ3) is 4.03. The second-order valence-electron chi connectivity index (χ2n) is 6.31. The lowest BCUT2D eigenvalue weighted by molar-refractivity contribution is -0.116. The maximum atomic E-state index is 12.9. The van der Waals surface area contributed by atoms with Crippen molar-refractivity contribution in [1.29, 1.82) is 0 Å². The number of fused-ring (bicyclic) bond motifs is 1. The van der Waals surface area contributed by atoms with Crippen molar-refractivity contribution in [2.75, 3.05) is 18.9 Å². The molecule has 1 N–H and O–H groups in total. The third-order valence-electron chi connectivity index (χ3n) is 4.32. The molecular formula is C20H17Cl2N3O3. The van der Waals surface area contributed by atoms with Gasteiger partial charge in [-0.2, -0.15) is 0 Å². The highest BCUT2D eigenvalue weighted by Gasteiger charge is 2.19. The number of aryl methyl sites for hydroxylation is 1. The van der Waals surface area contributed by atoms with Gasteiger partial charge in [-0.1, -0.05) is 41.4 Å². The van der Waals surface area contributed by atoms with E-state index in [0.717, 1.165) is 0 Å². The summed E-state index contributed by atoms with van der Waals surface area (Å²) in [6.45, 7) is -0.192. The number of aromatic nitrogens is 1. The van der Waals surface area contributed by atoms with E-state index < -0.39 is 11.8 Å². The zero-order valence-corrected chi connectivity index (χ0v) is 16.7. The Labute approximate surface area is 171 Å². The maximum absolute atomic E-state index is 12.9. The van der Waals surface area contributed by atoms with Gasteiger partial charge in [0.2, 0.25) is 5.91 Å². The Bertz CT molecular complexity index is 1140. The molecule has 0 radical (unpaired) electrons. The Morgan fingerprint density at radius 2 is 1.79 bits per heavy atom. The van der Waals surface area contributed by atoms with E-state index in [1.54, 1.807) is 43.4 Å². The largest absolute Gasteiger partial charge is 0.332 e. The summed E-state index contributed by atoms with van der Waals surface area (Å²) < 4.78 is 1.48. The average Bonchev–Trinajstić information content (AvgIpc) is 2.67. The van der Waals surface area contributed by atoms with Crippen molar-refractivity contribution in [3.63, 3.8) is 0 Å². The topological polar surface area (TPSA) is 71.4 Å². The average molecular weight is 418 g/mol. The summed E-state index contributed by atoms with van der Waals surface area (Å²) in [5, 5.41) is 4.00. The smallest absolute Gasteiger partial charge is 0.254 e. The summed E-state index contributed by atoms with van der Waals surface area (Å²) in [5.41, 5.74) is 1.07. The van der Waals surface area contributed by atoms with Crippen LogP contribution in [-0.2, 0) is 11.8 Å². The number of pyridine rings is 1. The van der Waals surface area contributed by atoms with Crippen molar-refractivity contribution in [1.82, 2.24) is 9.47 Å². The van der Waals surface area contributed by atoms with Crippen molar-refractivity contribution >= 4 is 51.6 Å². The van der Waals surface area contributed by atoms with Crippen LogP contribution in [0.25, 0.3) is 10.9 Å². The summed E-state index contributed by atoms with van der Waals surface area (Å²) in [4.78, 5) is 38.6. The first-order valence-corrected chi connectivity index (χ1v) is 9.12. The zero-order chi connectivity index (χ0) is 20.4. The molecule has 0 saturated heterocycles. The molecule has 0 bridgehead atoms. The number of likely N-dealkylation sites (N-methyl/N-ethyl adjacent to an activating group) is 1. The first kappa shape index (κ1) is 19.9. The number of carbonyl (C=O) groups excluding carboxylic acids is 2. The SMILES string of the molecule is CN(CC(=O)Nc1ccc(Cl)c(Cl)c1)C(=O)c1cc(=O)n(C)c2ccccc12. The normalized spacial score (nSPS) is 10.7. The highest BCUT2D eigenvalue weighted by molar-refractivity contribution is 6.42. The maximum Gasteiger partial charge on any atom is 0.254 e. The van der Waals surface area contributed by atoms with Gasteiger partial charge in [-0.15, -0.1) is 0 Å². The fourth-order valence-corrected chi connectivity index (χ4v) is 3.15. The van der Waals surface area contributed by atoms with Crippen LogP contribution >= 0.6 is 23.2 Å². The minimum absolute atomic E-state index is 0.192. The van der Waals surface area contributed by atoms with Gasteiger partial charge in [0.25, 0.3) is 11.5 Å². The second kappa shape index (κ2) is 8.04. The van der Waals surface area contributed by atoms with E-state index in [1.807, 2.05) is 0 Å². The van der Waals surface area contributed by atoms with E-state index in [9.17, 15) is 14.4 Å². The predicted octanol–water partition coefficient (Wildman–Crippen LogP) is 3.56. The molecule has 0 spiro atoms. The molecule has 1 heterocycles. The number of carbonyl (C=O) groups is 2. The summed E-state index contributed by atoms with van der Waals surface area (Å²) >= 11 is 11.8. The molecule has 0 fully saturated rings. The molecular weight excluding hydrogens is 401 g/mol. The van der Waals surface area contributed by atoms with Crippen LogP contribution in [0.2, 0.25) is 10.0 Å². The van der Waals surface area contributed by atoms with Crippen molar-refractivity contribution in [3.05, 3.63) is 74.5 Å². The van der Waals surface area contributed by atoms with Gasteiger partial charge >= 0.3 is 0 Å². The number of hydrogen-bond acceptors (Lipinski definition) is 3. The summed E-state index contributed by atoms with van der Waals surface area (Å²) in [6, 6.07) is 13.1. The first-order valence-electron chi connectivity index (χ1n) is 8.37. The van der Waals surface area contributed by atoms with Crippen LogP contribution in [0, 0.1) is 0 Å². The van der Waals surface area contributed by atoms with Gasteiger partial charge in [0, 0.05) is 31.2 Å². The second-order valence-corrected chi connectivity index (χ2v) is 7.13. The summed E-state index contributed by atoms with van der Waals surface area (Å²) in [7, 11) is 3.15. The quantitative estimate of drug-likeness (QED) is 0.705. The Balaban J connectivity index is 1.80. The number of amides is 2. The standard InChI is InChI=1S/C20H17Cl2N3O3/c1-24(11-18(26)23-12-7-8-15(21)16(22)9-12)20(28)14-10-19(27)25(2)17-6-4-3-5-13(14)17/h3-10H,11H2,1-2H3,(H,23,26). The number of nitrogens with one attached hydrogen (secondary N) is 1. The van der Waals surface area contributed by atoms with Gasteiger partial charge < -0.3 is 14.8 Å². The van der Waals surface area contributed by atoms with E-state index in [-0.39, 0.29) is 17.7 Å². The molecule has 2 amide bonds. The number of hydrogen-bond donors (Lipinski definition) is 1. The lowest BCUT2D eigenvalue weighted by atomic mass is 10.1. The molecule has 0 saturated carbocycles. The highest BCUT2D eigenvalue weighted by Crippen LogP contribution is 2.25. The fourth-order valence-electron chi connectivity index (χ4n) is 2.85. The van der Waals surface area contributed by atoms with Crippen molar-refractivity contribution < 1.29 is 9.59 Å². The van der Waals surface area contributed by atoms with Crippen LogP contribution in [0.4, 0.5) is 5.69 Å². The molecule has 2 aromatic carbocycles. The van der Waals surface area contributed by atoms with Gasteiger partial charge in [0.05, 0.1) is 27.7 Å². The van der Waals surface area contributed by atoms with Crippen molar-refractivity contribution in [2.24, 2.45) is 7.05 Å². The molecule has 0 aliphatic heterocycles. The minimum Gasteiger partial charge on any atom is -0.332 e. The van der Waals surface area contributed by atoms with Crippen LogP contribution in [0.15, 0.2) is 53.3 Å². The monoisotopic (exact) mass is 417 g/mol. The molecule has 6 nitrogen and oxygen atoms in total. The zero-order valence-electron chi connectivity index (χ0n) is 15.2. The molecule has 0 aliphatic rings. The fraction of sp³-hybridized carbons (Fsp3) is 0.150. The number of rotatable bonds is 4. The molecule has 3 aromatic rings. The Morgan fingerprint density at radius 3 is 2.50 bits per heavy atom. The molecule has 0 unspecified atom stereocenters. The van der Waals surface area contributed by atoms with E-state index >= 15 is 0 Å². The lowest BCUT2D eigenvalue weighted by Crippen LogP contribution is -2.35. The van der Waals surface area contributed by atoms with Crippen LogP contribution in [0.1, 0.15) is 10.4 Å². The van der Waals surface area contributed by atoms with Gasteiger partial charge in [0.15, 0.2) is 0 Å². The molecule has 0 aliphatic carbocycles. The molecule has 0 atom stereocenters. The number of nitrogens with zero attached hydrogens (tertiary/aromatic N) is 2. The Morgan fingerprint density at radius 1 is 1.07 bits per heavy atom. The molecule has 1 aromatic heterocycles. The summed E-state index contributed by atoms with van der Waals surface area (Å²) in [6.07, 6.45) is 0. The number of halogens is 2. The third-order valence-corrected chi connectivity index (χ3v) is 5.05. The van der Waals surface area contributed by atoms with E-state index in [2.05, 4.69) is 5.32 Å². The van der Waals surface area contributed by atoms with Crippen LogP contribution in [0.5, 0.6) is 0 Å². The molecule has 144 valence electrons. The molecule has 8 heteroatoms. The summed E-state index contributed by atoms with van der Waals surface area (Å²) in [5.74, 6) is -0.819. The van der Waals surface area contributed by atoms with Crippen molar-refractivity contribution in [3.8, 4) is 0 Å². The van der Waals surface area contributed by atoms with E-state index in [1.165, 1.54) is 28.6 Å². The molecule has 28 heavy (non-hydrogen) atoms. The van der Waals surface area contributed by atoms with E-state index in [0.29, 0.717) is 26.6 Å². The van der Waals surface area contributed by atoms with Crippen LogP contribution < -0.4 is 10.9 Å². The lowest BCUT2D eigenvalue weighted by Gasteiger charge is -2.18.